The Kier molecular flexibility index (Phi) is 5.34. The van der Waals surface area contributed by atoms with E-state index in [0.717, 1.165) is 27.6 Å². The summed E-state index contributed by atoms with van der Waals surface area (Å²) in [5.74, 6) is 0. The zero-order valence-electron chi connectivity index (χ0n) is 23.5. The Labute approximate surface area is 264 Å². The van der Waals surface area contributed by atoms with Gasteiger partial charge in [0, 0.05) is 0 Å². The molecule has 0 aliphatic heterocycles. The van der Waals surface area contributed by atoms with Gasteiger partial charge in [-0.15, -0.1) is 0 Å². The van der Waals surface area contributed by atoms with Crippen LogP contribution in [-0.2, 0) is 0 Å². The minimum absolute atomic E-state index is 0.218. The van der Waals surface area contributed by atoms with Crippen LogP contribution < -0.4 is 4.90 Å². The van der Waals surface area contributed by atoms with Crippen molar-refractivity contribution in [2.45, 2.75) is 0 Å². The average molecular weight is 692 g/mol. The number of hydrogen-bond acceptors (Lipinski definition) is 2. The summed E-state index contributed by atoms with van der Waals surface area (Å²) >= 11 is 0.496. The number of para-hydroxylation sites is 1. The van der Waals surface area contributed by atoms with Crippen LogP contribution in [0.1, 0.15) is 0 Å². The third kappa shape index (κ3) is 3.60. The van der Waals surface area contributed by atoms with Crippen LogP contribution in [0.5, 0.6) is 0 Å². The molecule has 3 heterocycles. The van der Waals surface area contributed by atoms with E-state index in [-0.39, 0.29) is 29.0 Å². The van der Waals surface area contributed by atoms with Gasteiger partial charge < -0.3 is 0 Å². The fraction of sp³-hybridized carbons (Fsp3) is 0. The second-order valence-electron chi connectivity index (χ2n) is 11.3. The zero-order valence-corrected chi connectivity index (χ0v) is 26.9. The van der Waals surface area contributed by atoms with Crippen LogP contribution >= 0.6 is 0 Å². The average Bonchev–Trinajstić information content (AvgIpc) is 3.76. The fourth-order valence-electron chi connectivity index (χ4n) is 6.82. The summed E-state index contributed by atoms with van der Waals surface area (Å²) in [5.41, 5.74) is 5.37. The van der Waals surface area contributed by atoms with E-state index in [0.29, 0.717) is 0 Å². The summed E-state index contributed by atoms with van der Waals surface area (Å²) < 4.78 is 12.2. The molecule has 44 heavy (non-hydrogen) atoms. The molecule has 0 unspecified atom stereocenters. The molecule has 3 aromatic heterocycles. The molecule has 0 fully saturated rings. The second kappa shape index (κ2) is 9.47. The van der Waals surface area contributed by atoms with Crippen molar-refractivity contribution >= 4 is 117 Å². The van der Waals surface area contributed by atoms with Crippen LogP contribution in [0.2, 0.25) is 0 Å². The van der Waals surface area contributed by atoms with Crippen molar-refractivity contribution in [1.29, 1.82) is 0 Å². The Hall–Kier alpha value is -4.56. The van der Waals surface area contributed by atoms with E-state index in [9.17, 15) is 0 Å². The van der Waals surface area contributed by atoms with Gasteiger partial charge in [-0.25, -0.2) is 0 Å². The first kappa shape index (κ1) is 24.8. The molecule has 0 aliphatic carbocycles. The van der Waals surface area contributed by atoms with Gasteiger partial charge in [-0.05, 0) is 0 Å². The molecule has 0 atom stereocenters. The Morgan fingerprint density at radius 1 is 0.409 bits per heavy atom. The topological polar surface area (TPSA) is 16.4 Å². The van der Waals surface area contributed by atoms with E-state index in [1.54, 1.807) is 0 Å². The number of anilines is 3. The first-order valence-corrected chi connectivity index (χ1v) is 18.2. The summed E-state index contributed by atoms with van der Waals surface area (Å²) in [6.45, 7) is 0. The van der Waals surface area contributed by atoms with E-state index in [4.69, 9.17) is 4.42 Å². The number of fused-ring (bicyclic) bond motifs is 11. The molecular formula is C40H23NOSe2. The molecule has 0 bridgehead atoms. The van der Waals surface area contributed by atoms with Crippen molar-refractivity contribution in [3.05, 3.63) is 140 Å². The number of nitrogens with zero attached hydrogens (tertiary/aromatic N) is 1. The quantitative estimate of drug-likeness (QED) is 0.172. The van der Waals surface area contributed by atoms with Gasteiger partial charge in [0.05, 0.1) is 0 Å². The second-order valence-corrected chi connectivity index (χ2v) is 15.7. The van der Waals surface area contributed by atoms with Crippen LogP contribution in [-0.4, -0.2) is 29.0 Å². The number of hydrogen-bond donors (Lipinski definition) is 0. The third-order valence-corrected chi connectivity index (χ3v) is 13.9. The van der Waals surface area contributed by atoms with Crippen LogP contribution in [0.25, 0.3) is 71.3 Å². The Morgan fingerprint density at radius 3 is 2.02 bits per heavy atom. The number of rotatable bonds is 3. The third-order valence-electron chi connectivity index (χ3n) is 8.85. The van der Waals surface area contributed by atoms with Gasteiger partial charge in [-0.3, -0.25) is 0 Å². The molecule has 0 saturated carbocycles. The SMILES string of the molecule is c1ccc2c(c1)ccc1c3cc(N(c4ccc5c(c4)oc4ccccc45)c4cccc5c4[se]c4ccccc45)ccc3[se]c21. The summed E-state index contributed by atoms with van der Waals surface area (Å²) in [7, 11) is 0. The van der Waals surface area contributed by atoms with Crippen molar-refractivity contribution < 1.29 is 4.42 Å². The first-order valence-electron chi connectivity index (χ1n) is 14.8. The molecule has 0 saturated heterocycles. The molecule has 10 rings (SSSR count). The van der Waals surface area contributed by atoms with Gasteiger partial charge in [0.2, 0.25) is 0 Å². The molecule has 206 valence electrons. The van der Waals surface area contributed by atoms with E-state index in [1.165, 1.54) is 60.7 Å². The van der Waals surface area contributed by atoms with Gasteiger partial charge in [0.15, 0.2) is 0 Å². The summed E-state index contributed by atoms with van der Waals surface area (Å²) in [4.78, 5) is 2.46. The molecule has 0 amide bonds. The monoisotopic (exact) mass is 693 g/mol. The van der Waals surface area contributed by atoms with Crippen molar-refractivity contribution in [3.63, 3.8) is 0 Å². The van der Waals surface area contributed by atoms with Gasteiger partial charge in [0.1, 0.15) is 0 Å². The number of benzene rings is 7. The van der Waals surface area contributed by atoms with Crippen LogP contribution in [0.15, 0.2) is 144 Å². The molecular weight excluding hydrogens is 668 g/mol. The van der Waals surface area contributed by atoms with Crippen molar-refractivity contribution in [2.75, 3.05) is 4.90 Å². The van der Waals surface area contributed by atoms with Gasteiger partial charge in [-0.1, -0.05) is 0 Å². The number of furan rings is 1. The van der Waals surface area contributed by atoms with Gasteiger partial charge in [0.25, 0.3) is 0 Å². The minimum atomic E-state index is 0.218. The molecule has 0 aliphatic rings. The van der Waals surface area contributed by atoms with Crippen LogP contribution in [0, 0.1) is 0 Å². The zero-order chi connectivity index (χ0) is 28.8. The van der Waals surface area contributed by atoms with Crippen LogP contribution in [0.3, 0.4) is 0 Å². The molecule has 0 spiro atoms. The summed E-state index contributed by atoms with van der Waals surface area (Å²) in [5, 5.41) is 10.5. The predicted molar refractivity (Wildman–Crippen MR) is 190 cm³/mol. The Morgan fingerprint density at radius 2 is 1.07 bits per heavy atom. The maximum atomic E-state index is 6.40. The standard InChI is InChI=1S/C40H23NOSe2/c1-2-9-27-24(8-1)16-19-32-33-22-25(18-21-38(33)43-39(27)32)41(26-17-20-29-28-10-3-5-14-35(28)42-36(29)23-26)34-13-7-12-31-30-11-4-6-15-37(30)44-40(31)34/h1-23H. The molecule has 0 radical (unpaired) electrons. The molecule has 10 aromatic rings. The van der Waals surface area contributed by atoms with Crippen LogP contribution in [0.4, 0.5) is 17.1 Å². The fourth-order valence-corrected chi connectivity index (χ4v) is 11.9. The van der Waals surface area contributed by atoms with E-state index in [1.807, 2.05) is 6.07 Å². The van der Waals surface area contributed by atoms with Gasteiger partial charge >= 0.3 is 266 Å². The van der Waals surface area contributed by atoms with E-state index >= 15 is 0 Å². The van der Waals surface area contributed by atoms with E-state index in [2.05, 4.69) is 138 Å². The predicted octanol–water partition coefficient (Wildman–Crippen LogP) is 10.9. The normalized spacial score (nSPS) is 12.1. The van der Waals surface area contributed by atoms with Crippen molar-refractivity contribution in [2.24, 2.45) is 0 Å². The summed E-state index contributed by atoms with van der Waals surface area (Å²) in [6, 6.07) is 51.3. The molecule has 2 nitrogen and oxygen atoms in total. The van der Waals surface area contributed by atoms with Gasteiger partial charge in [-0.2, -0.15) is 0 Å². The Balaban J connectivity index is 1.26. The summed E-state index contributed by atoms with van der Waals surface area (Å²) in [6.07, 6.45) is 0. The first-order chi connectivity index (χ1) is 21.8. The Bertz CT molecular complexity index is 2750. The molecule has 4 heteroatoms. The van der Waals surface area contributed by atoms with Crippen molar-refractivity contribution in [3.8, 4) is 0 Å². The molecule has 7 aromatic carbocycles. The van der Waals surface area contributed by atoms with E-state index < -0.39 is 0 Å². The van der Waals surface area contributed by atoms with Crippen molar-refractivity contribution in [1.82, 2.24) is 0 Å². The molecule has 0 N–H and O–H groups in total. The maximum absolute atomic E-state index is 6.40.